The summed E-state index contributed by atoms with van der Waals surface area (Å²) in [6, 6.07) is 3.94. The molecule has 0 atom stereocenters. The Balaban J connectivity index is 2.04. The van der Waals surface area contributed by atoms with E-state index in [1.54, 1.807) is 0 Å². The molecule has 6 heteroatoms. The third-order valence-electron chi connectivity index (χ3n) is 3.03. The summed E-state index contributed by atoms with van der Waals surface area (Å²) < 4.78 is 13.5. The number of hydrogen-bond acceptors (Lipinski definition) is 3. The van der Waals surface area contributed by atoms with E-state index in [1.807, 2.05) is 4.90 Å². The highest BCUT2D eigenvalue weighted by Crippen LogP contribution is 2.20. The average molecular weight is 252 g/mol. The number of benzene rings is 1. The first-order valence-electron chi connectivity index (χ1n) is 5.50. The lowest BCUT2D eigenvalue weighted by atomic mass is 9.99. The molecule has 1 aromatic rings. The molecule has 0 bridgehead atoms. The van der Waals surface area contributed by atoms with E-state index < -0.39 is 17.7 Å². The topological polar surface area (TPSA) is 83.6 Å². The minimum atomic E-state index is -0.836. The van der Waals surface area contributed by atoms with Gasteiger partial charge in [0.1, 0.15) is 5.82 Å². The van der Waals surface area contributed by atoms with E-state index in [0.717, 1.165) is 0 Å². The van der Waals surface area contributed by atoms with Crippen molar-refractivity contribution in [3.05, 3.63) is 35.1 Å². The minimum absolute atomic E-state index is 0.252. The molecule has 0 spiro atoms. The van der Waals surface area contributed by atoms with E-state index >= 15 is 0 Å². The van der Waals surface area contributed by atoms with Crippen molar-refractivity contribution in [2.45, 2.75) is 6.54 Å². The zero-order valence-corrected chi connectivity index (χ0v) is 9.60. The van der Waals surface area contributed by atoms with Crippen LogP contribution in [-0.4, -0.2) is 35.0 Å². The van der Waals surface area contributed by atoms with Crippen LogP contribution in [0.3, 0.4) is 0 Å². The van der Waals surface area contributed by atoms with Gasteiger partial charge in [0.2, 0.25) is 5.91 Å². The van der Waals surface area contributed by atoms with E-state index in [4.69, 9.17) is 10.8 Å². The zero-order valence-electron chi connectivity index (χ0n) is 9.60. The Labute approximate surface area is 103 Å². The van der Waals surface area contributed by atoms with Gasteiger partial charge in [-0.3, -0.25) is 14.5 Å². The number of hydrogen-bond donors (Lipinski definition) is 2. The van der Waals surface area contributed by atoms with Crippen LogP contribution in [-0.2, 0) is 11.3 Å². The Hall–Kier alpha value is -1.95. The number of rotatable bonds is 4. The predicted molar refractivity (Wildman–Crippen MR) is 61.3 cm³/mol. The number of carbonyl (C=O) groups excluding carboxylic acids is 1. The molecule has 1 amide bonds. The molecule has 1 fully saturated rings. The number of aliphatic carboxylic acids is 1. The second-order valence-electron chi connectivity index (χ2n) is 4.40. The lowest BCUT2D eigenvalue weighted by Gasteiger charge is -2.36. The van der Waals surface area contributed by atoms with Crippen LogP contribution in [0.25, 0.3) is 0 Å². The number of nitrogens with two attached hydrogens (primary N) is 1. The van der Waals surface area contributed by atoms with Crippen LogP contribution in [0.15, 0.2) is 18.2 Å². The molecule has 1 saturated heterocycles. The summed E-state index contributed by atoms with van der Waals surface area (Å²) in [6.45, 7) is 1.09. The lowest BCUT2D eigenvalue weighted by Crippen LogP contribution is -2.49. The first-order valence-corrected chi connectivity index (χ1v) is 5.50. The second-order valence-corrected chi connectivity index (χ2v) is 4.40. The van der Waals surface area contributed by atoms with Crippen molar-refractivity contribution in [1.29, 1.82) is 0 Å². The maximum atomic E-state index is 13.5. The Morgan fingerprint density at radius 3 is 2.67 bits per heavy atom. The number of likely N-dealkylation sites (tertiary alicyclic amines) is 1. The van der Waals surface area contributed by atoms with Crippen LogP contribution in [0, 0.1) is 11.7 Å². The minimum Gasteiger partial charge on any atom is -0.481 e. The van der Waals surface area contributed by atoms with Crippen molar-refractivity contribution in [2.75, 3.05) is 13.1 Å². The van der Waals surface area contributed by atoms with Crippen LogP contribution >= 0.6 is 0 Å². The summed E-state index contributed by atoms with van der Waals surface area (Å²) in [4.78, 5) is 23.4. The van der Waals surface area contributed by atoms with Crippen LogP contribution in [0.5, 0.6) is 0 Å². The van der Waals surface area contributed by atoms with Crippen LogP contribution in [0.2, 0.25) is 0 Å². The highest BCUT2D eigenvalue weighted by molar-refractivity contribution is 5.92. The molecule has 0 unspecified atom stereocenters. The molecule has 0 radical (unpaired) electrons. The van der Waals surface area contributed by atoms with E-state index in [-0.39, 0.29) is 18.0 Å². The molecule has 1 aromatic carbocycles. The fourth-order valence-electron chi connectivity index (χ4n) is 1.95. The summed E-state index contributed by atoms with van der Waals surface area (Å²) in [5, 5.41) is 8.73. The van der Waals surface area contributed by atoms with Gasteiger partial charge in [0.25, 0.3) is 0 Å². The fourth-order valence-corrected chi connectivity index (χ4v) is 1.95. The van der Waals surface area contributed by atoms with Gasteiger partial charge >= 0.3 is 5.97 Å². The predicted octanol–water partition coefficient (Wildman–Crippen LogP) is 0.441. The van der Waals surface area contributed by atoms with E-state index in [1.165, 1.54) is 18.2 Å². The molecule has 96 valence electrons. The SMILES string of the molecule is NC(=O)c1ccc(F)c(CN2CC(C(=O)O)C2)c1. The molecule has 2 rings (SSSR count). The maximum Gasteiger partial charge on any atom is 0.309 e. The van der Waals surface area contributed by atoms with Crippen molar-refractivity contribution in [1.82, 2.24) is 4.90 Å². The number of carbonyl (C=O) groups is 2. The summed E-state index contributed by atoms with van der Waals surface area (Å²) >= 11 is 0. The van der Waals surface area contributed by atoms with E-state index in [2.05, 4.69) is 0 Å². The van der Waals surface area contributed by atoms with Crippen molar-refractivity contribution < 1.29 is 19.1 Å². The number of halogens is 1. The first kappa shape index (κ1) is 12.5. The Kier molecular flexibility index (Phi) is 3.29. The first-order chi connectivity index (χ1) is 8.47. The quantitative estimate of drug-likeness (QED) is 0.814. The highest BCUT2D eigenvalue weighted by Gasteiger charge is 2.32. The molecule has 0 aliphatic carbocycles. The van der Waals surface area contributed by atoms with Gasteiger partial charge < -0.3 is 10.8 Å². The van der Waals surface area contributed by atoms with Crippen molar-refractivity contribution in [3.63, 3.8) is 0 Å². The molecule has 1 aliphatic rings. The number of primary amides is 1. The molecule has 3 N–H and O–H groups in total. The van der Waals surface area contributed by atoms with Gasteiger partial charge in [-0.2, -0.15) is 0 Å². The Morgan fingerprint density at radius 1 is 1.44 bits per heavy atom. The summed E-state index contributed by atoms with van der Waals surface area (Å²) in [6.07, 6.45) is 0. The normalized spacial score (nSPS) is 16.3. The smallest absolute Gasteiger partial charge is 0.309 e. The number of amides is 1. The zero-order chi connectivity index (χ0) is 13.3. The van der Waals surface area contributed by atoms with Crippen LogP contribution in [0.1, 0.15) is 15.9 Å². The molecular formula is C12H13FN2O3. The Bertz CT molecular complexity index is 498. The third-order valence-corrected chi connectivity index (χ3v) is 3.03. The molecule has 1 aliphatic heterocycles. The lowest BCUT2D eigenvalue weighted by molar-refractivity contribution is -0.147. The third kappa shape index (κ3) is 2.48. The van der Waals surface area contributed by atoms with Crippen LogP contribution in [0.4, 0.5) is 4.39 Å². The monoisotopic (exact) mass is 252 g/mol. The molecular weight excluding hydrogens is 239 g/mol. The molecule has 0 aromatic heterocycles. The van der Waals surface area contributed by atoms with Gasteiger partial charge in [-0.05, 0) is 18.2 Å². The second kappa shape index (κ2) is 4.73. The maximum absolute atomic E-state index is 13.5. The van der Waals surface area contributed by atoms with E-state index in [0.29, 0.717) is 18.7 Å². The number of carboxylic acid groups (broad SMARTS) is 1. The summed E-state index contributed by atoms with van der Waals surface area (Å²) in [5.74, 6) is -2.24. The molecule has 18 heavy (non-hydrogen) atoms. The van der Waals surface area contributed by atoms with Crippen molar-refractivity contribution >= 4 is 11.9 Å². The summed E-state index contributed by atoms with van der Waals surface area (Å²) in [5.41, 5.74) is 5.73. The van der Waals surface area contributed by atoms with Gasteiger partial charge in [-0.15, -0.1) is 0 Å². The van der Waals surface area contributed by atoms with Gasteiger partial charge in [-0.25, -0.2) is 4.39 Å². The highest BCUT2D eigenvalue weighted by atomic mass is 19.1. The van der Waals surface area contributed by atoms with Gasteiger partial charge in [0, 0.05) is 30.8 Å². The van der Waals surface area contributed by atoms with Gasteiger partial charge in [-0.1, -0.05) is 0 Å². The van der Waals surface area contributed by atoms with E-state index in [9.17, 15) is 14.0 Å². The molecule has 1 heterocycles. The number of carboxylic acids is 1. The van der Waals surface area contributed by atoms with Gasteiger partial charge in [0.05, 0.1) is 5.92 Å². The molecule has 0 saturated carbocycles. The Morgan fingerprint density at radius 2 is 2.11 bits per heavy atom. The number of nitrogens with zero attached hydrogens (tertiary/aromatic N) is 1. The summed E-state index contributed by atoms with van der Waals surface area (Å²) in [7, 11) is 0. The van der Waals surface area contributed by atoms with Crippen molar-refractivity contribution in [3.8, 4) is 0 Å². The molecule has 5 nitrogen and oxygen atoms in total. The van der Waals surface area contributed by atoms with Gasteiger partial charge in [0.15, 0.2) is 0 Å². The van der Waals surface area contributed by atoms with Crippen molar-refractivity contribution in [2.24, 2.45) is 11.7 Å². The van der Waals surface area contributed by atoms with Crippen LogP contribution < -0.4 is 5.73 Å². The largest absolute Gasteiger partial charge is 0.481 e. The fraction of sp³-hybridized carbons (Fsp3) is 0.333. The average Bonchev–Trinajstić information content (AvgIpc) is 2.23. The standard InChI is InChI=1S/C12H13FN2O3/c13-10-2-1-7(11(14)16)3-8(10)4-15-5-9(6-15)12(17)18/h1-3,9H,4-6H2,(H2,14,16)(H,17,18).